The largest absolute Gasteiger partial charge is 0.563 e. The second-order valence-corrected chi connectivity index (χ2v) is 10.3. The number of amides is 1. The van der Waals surface area contributed by atoms with Crippen molar-refractivity contribution in [1.82, 2.24) is 4.98 Å². The Morgan fingerprint density at radius 3 is 2.57 bits per heavy atom. The van der Waals surface area contributed by atoms with Gasteiger partial charge in [0.15, 0.2) is 0 Å². The summed E-state index contributed by atoms with van der Waals surface area (Å²) in [6, 6.07) is 3.60. The number of benzene rings is 1. The van der Waals surface area contributed by atoms with Gasteiger partial charge in [-0.3, -0.25) is 4.79 Å². The van der Waals surface area contributed by atoms with E-state index in [0.717, 1.165) is 10.9 Å². The van der Waals surface area contributed by atoms with E-state index in [2.05, 4.69) is 11.6 Å². The first-order valence-electron chi connectivity index (χ1n) is 9.26. The second-order valence-electron chi connectivity index (χ2n) is 8.03. The van der Waals surface area contributed by atoms with Crippen LogP contribution in [0.2, 0.25) is 0 Å². The van der Waals surface area contributed by atoms with Crippen LogP contribution in [0.25, 0.3) is 10.9 Å². The summed E-state index contributed by atoms with van der Waals surface area (Å²) >= 11 is 0. The third kappa shape index (κ3) is 3.22. The van der Waals surface area contributed by atoms with Gasteiger partial charge in [0.2, 0.25) is 0 Å². The SMILES string of the molecule is C=C1OB(c2cc(C(N)=O)c3[nH]cc(C4CCS(=O)(=O)CC4)c3c2)OC1(C)C. The van der Waals surface area contributed by atoms with Crippen molar-refractivity contribution >= 4 is 39.2 Å². The van der Waals surface area contributed by atoms with Crippen LogP contribution in [-0.2, 0) is 19.1 Å². The average molecular weight is 402 g/mol. The number of carbonyl (C=O) groups is 1. The molecule has 3 heterocycles. The number of aromatic amines is 1. The molecular weight excluding hydrogens is 379 g/mol. The number of fused-ring (bicyclic) bond motifs is 1. The minimum absolute atomic E-state index is 0.102. The Labute approximate surface area is 164 Å². The molecule has 2 fully saturated rings. The third-order valence-electron chi connectivity index (χ3n) is 5.70. The fourth-order valence-corrected chi connectivity index (χ4v) is 5.40. The highest BCUT2D eigenvalue weighted by atomic mass is 32.2. The second kappa shape index (κ2) is 6.38. The summed E-state index contributed by atoms with van der Waals surface area (Å²) in [5.41, 5.74) is 7.65. The molecule has 2 aliphatic heterocycles. The zero-order valence-electron chi connectivity index (χ0n) is 15.9. The predicted molar refractivity (Wildman–Crippen MR) is 108 cm³/mol. The lowest BCUT2D eigenvalue weighted by molar-refractivity contribution is 0.100. The molecule has 0 atom stereocenters. The molecule has 2 aliphatic rings. The van der Waals surface area contributed by atoms with Gasteiger partial charge in [-0.05, 0) is 49.7 Å². The molecule has 0 spiro atoms. The van der Waals surface area contributed by atoms with E-state index < -0.39 is 28.5 Å². The van der Waals surface area contributed by atoms with Gasteiger partial charge < -0.3 is 20.0 Å². The Morgan fingerprint density at radius 2 is 2.00 bits per heavy atom. The molecule has 148 valence electrons. The number of nitrogens with two attached hydrogens (primary N) is 1. The van der Waals surface area contributed by atoms with Crippen molar-refractivity contribution < 1.29 is 22.5 Å². The Morgan fingerprint density at radius 1 is 1.32 bits per heavy atom. The highest BCUT2D eigenvalue weighted by Gasteiger charge is 2.43. The number of hydrogen-bond acceptors (Lipinski definition) is 5. The van der Waals surface area contributed by atoms with Gasteiger partial charge in [0.1, 0.15) is 15.4 Å². The van der Waals surface area contributed by atoms with E-state index in [0.29, 0.717) is 35.1 Å². The van der Waals surface area contributed by atoms with E-state index in [1.165, 1.54) is 0 Å². The van der Waals surface area contributed by atoms with Crippen LogP contribution in [0.5, 0.6) is 0 Å². The smallest absolute Gasteiger partial charge is 0.534 e. The van der Waals surface area contributed by atoms with Crippen LogP contribution in [0.4, 0.5) is 0 Å². The molecule has 9 heteroatoms. The highest BCUT2D eigenvalue weighted by Crippen LogP contribution is 2.35. The Hall–Kier alpha value is -2.26. The van der Waals surface area contributed by atoms with Crippen LogP contribution in [0.1, 0.15) is 48.5 Å². The minimum Gasteiger partial charge on any atom is -0.534 e. The van der Waals surface area contributed by atoms with Crippen molar-refractivity contribution in [1.29, 1.82) is 0 Å². The molecule has 3 N–H and O–H groups in total. The molecule has 2 saturated heterocycles. The molecular formula is C19H23BN2O5S. The van der Waals surface area contributed by atoms with Gasteiger partial charge in [0.05, 0.1) is 28.3 Å². The summed E-state index contributed by atoms with van der Waals surface area (Å²) in [5, 5.41) is 0.845. The fourth-order valence-electron chi connectivity index (χ4n) is 3.91. The molecule has 4 rings (SSSR count). The molecule has 0 unspecified atom stereocenters. The first kappa shape index (κ1) is 19.1. The standard InChI is InChI=1S/C19H23BN2O5S/c1-11-19(2,3)27-20(26-11)13-8-14-16(12-4-6-28(24,25)7-5-12)10-22-17(14)15(9-13)18(21)23/h8-10,12,22H,1,4-7H2,2-3H3,(H2,21,23). The zero-order valence-corrected chi connectivity index (χ0v) is 16.8. The van der Waals surface area contributed by atoms with Crippen LogP contribution in [0.15, 0.2) is 30.7 Å². The number of carbonyl (C=O) groups excluding carboxylic acids is 1. The van der Waals surface area contributed by atoms with Crippen molar-refractivity contribution in [3.63, 3.8) is 0 Å². The summed E-state index contributed by atoms with van der Waals surface area (Å²) in [4.78, 5) is 15.2. The van der Waals surface area contributed by atoms with E-state index in [9.17, 15) is 13.2 Å². The van der Waals surface area contributed by atoms with Crippen molar-refractivity contribution in [2.24, 2.45) is 5.73 Å². The predicted octanol–water partition coefficient (Wildman–Crippen LogP) is 1.59. The summed E-state index contributed by atoms with van der Waals surface area (Å²) in [5.74, 6) is 0.420. The summed E-state index contributed by atoms with van der Waals surface area (Å²) in [6.07, 6.45) is 2.97. The van der Waals surface area contributed by atoms with Gasteiger partial charge in [-0.25, -0.2) is 8.42 Å². The molecule has 0 saturated carbocycles. The maximum Gasteiger partial charge on any atom is 0.563 e. The average Bonchev–Trinajstić information content (AvgIpc) is 3.15. The lowest BCUT2D eigenvalue weighted by Crippen LogP contribution is -2.35. The van der Waals surface area contributed by atoms with E-state index >= 15 is 0 Å². The lowest BCUT2D eigenvalue weighted by atomic mass is 9.77. The minimum atomic E-state index is -2.96. The monoisotopic (exact) mass is 402 g/mol. The molecule has 0 radical (unpaired) electrons. The van der Waals surface area contributed by atoms with Crippen molar-refractivity contribution in [3.8, 4) is 0 Å². The fraction of sp³-hybridized carbons (Fsp3) is 0.421. The molecule has 1 amide bonds. The van der Waals surface area contributed by atoms with Crippen LogP contribution >= 0.6 is 0 Å². The van der Waals surface area contributed by atoms with E-state index in [4.69, 9.17) is 15.0 Å². The molecule has 2 aromatic rings. The van der Waals surface area contributed by atoms with E-state index in [-0.39, 0.29) is 17.4 Å². The lowest BCUT2D eigenvalue weighted by Gasteiger charge is -2.21. The van der Waals surface area contributed by atoms with Gasteiger partial charge in [-0.2, -0.15) is 0 Å². The van der Waals surface area contributed by atoms with Crippen LogP contribution in [0.3, 0.4) is 0 Å². The van der Waals surface area contributed by atoms with Crippen LogP contribution in [-0.4, -0.2) is 43.5 Å². The van der Waals surface area contributed by atoms with Gasteiger partial charge in [-0.15, -0.1) is 0 Å². The van der Waals surface area contributed by atoms with E-state index in [1.807, 2.05) is 26.1 Å². The first-order valence-corrected chi connectivity index (χ1v) is 11.1. The summed E-state index contributed by atoms with van der Waals surface area (Å²) in [7, 11) is -3.64. The maximum atomic E-state index is 12.1. The number of hydrogen-bond donors (Lipinski definition) is 2. The number of aromatic nitrogens is 1. The van der Waals surface area contributed by atoms with Crippen molar-refractivity contribution in [2.75, 3.05) is 11.5 Å². The van der Waals surface area contributed by atoms with E-state index in [1.54, 1.807) is 6.07 Å². The van der Waals surface area contributed by atoms with Crippen molar-refractivity contribution in [3.05, 3.63) is 41.8 Å². The Bertz CT molecular complexity index is 1080. The topological polar surface area (TPSA) is 111 Å². The number of sulfone groups is 1. The molecule has 1 aromatic carbocycles. The van der Waals surface area contributed by atoms with Gasteiger partial charge in [0.25, 0.3) is 5.91 Å². The Balaban J connectivity index is 1.79. The summed E-state index contributed by atoms with van der Waals surface area (Å²) in [6.45, 7) is 7.63. The van der Waals surface area contributed by atoms with Crippen molar-refractivity contribution in [2.45, 2.75) is 38.2 Å². The first-order chi connectivity index (χ1) is 13.1. The molecule has 1 aromatic heterocycles. The normalized spacial score (nSPS) is 21.8. The van der Waals surface area contributed by atoms with Gasteiger partial charge in [-0.1, -0.05) is 12.6 Å². The molecule has 7 nitrogen and oxygen atoms in total. The molecule has 28 heavy (non-hydrogen) atoms. The number of primary amides is 1. The highest BCUT2D eigenvalue weighted by molar-refractivity contribution is 7.91. The Kier molecular flexibility index (Phi) is 4.35. The number of rotatable bonds is 3. The third-order valence-corrected chi connectivity index (χ3v) is 7.41. The molecule has 0 aliphatic carbocycles. The van der Waals surface area contributed by atoms with Gasteiger partial charge >= 0.3 is 7.12 Å². The van der Waals surface area contributed by atoms with Gasteiger partial charge in [0, 0.05) is 11.6 Å². The summed E-state index contributed by atoms with van der Waals surface area (Å²) < 4.78 is 35.3. The maximum absolute atomic E-state index is 12.1. The van der Waals surface area contributed by atoms with Crippen LogP contribution < -0.4 is 11.2 Å². The number of H-pyrrole nitrogens is 1. The number of nitrogens with one attached hydrogen (secondary N) is 1. The zero-order chi connectivity index (χ0) is 20.3. The quantitative estimate of drug-likeness (QED) is 0.758. The van der Waals surface area contributed by atoms with Crippen LogP contribution in [0, 0.1) is 0 Å². The molecule has 0 bridgehead atoms.